The first-order valence-corrected chi connectivity index (χ1v) is 8.72. The number of rotatable bonds is 11. The summed E-state index contributed by atoms with van der Waals surface area (Å²) in [7, 11) is 1.71. The highest BCUT2D eigenvalue weighted by molar-refractivity contribution is 5.79. The van der Waals surface area contributed by atoms with Gasteiger partial charge in [-0.05, 0) is 30.7 Å². The molecule has 0 unspecified atom stereocenters. The zero-order valence-electron chi connectivity index (χ0n) is 15.3. The van der Waals surface area contributed by atoms with Gasteiger partial charge in [-0.15, -0.1) is 0 Å². The topological polar surface area (TPSA) is 114 Å². The summed E-state index contributed by atoms with van der Waals surface area (Å²) < 4.78 is 10.7. The van der Waals surface area contributed by atoms with Crippen LogP contribution in [-0.2, 0) is 11.3 Å². The summed E-state index contributed by atoms with van der Waals surface area (Å²) in [6.07, 6.45) is 2.48. The number of guanidine groups is 1. The summed E-state index contributed by atoms with van der Waals surface area (Å²) in [5.41, 5.74) is 0.912. The highest BCUT2D eigenvalue weighted by Gasteiger charge is 2.03. The molecule has 0 aliphatic heterocycles. The molecule has 9 nitrogen and oxygen atoms in total. The summed E-state index contributed by atoms with van der Waals surface area (Å²) in [6, 6.07) is 10.1. The first-order chi connectivity index (χ1) is 13.2. The molecular formula is C18H25N5O4. The Hall–Kier alpha value is -3.07. The fourth-order valence-corrected chi connectivity index (χ4v) is 2.26. The van der Waals surface area contributed by atoms with Crippen LogP contribution >= 0.6 is 0 Å². The quantitative estimate of drug-likeness (QED) is 0.182. The van der Waals surface area contributed by atoms with Crippen LogP contribution in [0.5, 0.6) is 0 Å². The summed E-state index contributed by atoms with van der Waals surface area (Å²) >= 11 is 0. The van der Waals surface area contributed by atoms with E-state index in [-0.39, 0.29) is 5.69 Å². The Balaban J connectivity index is 1.52. The number of nitrogens with zero attached hydrogens (tertiary/aromatic N) is 2. The Kier molecular flexibility index (Phi) is 8.64. The van der Waals surface area contributed by atoms with Crippen molar-refractivity contribution in [2.45, 2.75) is 13.0 Å². The molecule has 0 aliphatic rings. The average molecular weight is 375 g/mol. The Morgan fingerprint density at radius 3 is 2.63 bits per heavy atom. The summed E-state index contributed by atoms with van der Waals surface area (Å²) in [4.78, 5) is 14.4. The molecule has 146 valence electrons. The van der Waals surface area contributed by atoms with Crippen LogP contribution in [0, 0.1) is 10.1 Å². The van der Waals surface area contributed by atoms with E-state index in [4.69, 9.17) is 9.15 Å². The Bertz CT molecular complexity index is 701. The van der Waals surface area contributed by atoms with Crippen LogP contribution in [0.4, 0.5) is 11.4 Å². The normalized spacial score (nSPS) is 11.2. The van der Waals surface area contributed by atoms with E-state index in [0.717, 1.165) is 24.4 Å². The van der Waals surface area contributed by atoms with E-state index in [1.807, 2.05) is 12.1 Å². The summed E-state index contributed by atoms with van der Waals surface area (Å²) in [5.74, 6) is 1.53. The highest BCUT2D eigenvalue weighted by Crippen LogP contribution is 2.14. The predicted molar refractivity (Wildman–Crippen MR) is 104 cm³/mol. The first-order valence-electron chi connectivity index (χ1n) is 8.72. The van der Waals surface area contributed by atoms with Gasteiger partial charge in [0.2, 0.25) is 0 Å². The number of hydrogen-bond donors (Lipinski definition) is 3. The lowest BCUT2D eigenvalue weighted by atomic mass is 10.3. The second kappa shape index (κ2) is 11.5. The lowest BCUT2D eigenvalue weighted by Crippen LogP contribution is -2.40. The van der Waals surface area contributed by atoms with E-state index < -0.39 is 4.92 Å². The van der Waals surface area contributed by atoms with Gasteiger partial charge in [-0.1, -0.05) is 0 Å². The molecule has 2 rings (SSSR count). The Labute approximate surface area is 158 Å². The molecule has 0 atom stereocenters. The molecular weight excluding hydrogens is 350 g/mol. The van der Waals surface area contributed by atoms with Crippen LogP contribution in [-0.4, -0.2) is 44.2 Å². The van der Waals surface area contributed by atoms with Crippen LogP contribution in [0.1, 0.15) is 12.2 Å². The molecule has 1 heterocycles. The smallest absolute Gasteiger partial charge is 0.269 e. The van der Waals surface area contributed by atoms with E-state index in [9.17, 15) is 10.1 Å². The monoisotopic (exact) mass is 375 g/mol. The Morgan fingerprint density at radius 2 is 1.96 bits per heavy atom. The van der Waals surface area contributed by atoms with Crippen molar-refractivity contribution in [2.24, 2.45) is 4.99 Å². The van der Waals surface area contributed by atoms with Crippen molar-refractivity contribution in [3.8, 4) is 0 Å². The molecule has 0 aliphatic carbocycles. The molecule has 0 fully saturated rings. The molecule has 2 aromatic rings. The van der Waals surface area contributed by atoms with Gasteiger partial charge in [0.05, 0.1) is 11.2 Å². The molecule has 0 amide bonds. The minimum Gasteiger partial charge on any atom is -0.467 e. The van der Waals surface area contributed by atoms with Gasteiger partial charge in [-0.25, -0.2) is 0 Å². The van der Waals surface area contributed by atoms with Crippen LogP contribution < -0.4 is 16.0 Å². The molecule has 0 spiro atoms. The number of nitro benzene ring substituents is 1. The fraction of sp³-hybridized carbons (Fsp3) is 0.389. The molecule has 27 heavy (non-hydrogen) atoms. The van der Waals surface area contributed by atoms with Gasteiger partial charge >= 0.3 is 0 Å². The van der Waals surface area contributed by atoms with Crippen LogP contribution in [0.15, 0.2) is 52.1 Å². The predicted octanol–water partition coefficient (Wildman–Crippen LogP) is 2.37. The van der Waals surface area contributed by atoms with Crippen molar-refractivity contribution in [3.05, 3.63) is 58.5 Å². The summed E-state index contributed by atoms with van der Waals surface area (Å²) in [6.45, 7) is 3.17. The second-order valence-electron chi connectivity index (χ2n) is 5.64. The van der Waals surface area contributed by atoms with Crippen molar-refractivity contribution < 1.29 is 14.1 Å². The first kappa shape index (κ1) is 20.2. The van der Waals surface area contributed by atoms with Gasteiger partial charge in [-0.3, -0.25) is 15.1 Å². The van der Waals surface area contributed by atoms with E-state index >= 15 is 0 Å². The SMILES string of the molecule is CN=C(NCCCOCc1ccco1)NCCNc1ccc([N+](=O)[O-])cc1. The van der Waals surface area contributed by atoms with Crippen LogP contribution in [0.2, 0.25) is 0 Å². The third-order valence-corrected chi connectivity index (χ3v) is 3.63. The number of furan rings is 1. The minimum absolute atomic E-state index is 0.0800. The molecule has 1 aromatic heterocycles. The van der Waals surface area contributed by atoms with Crippen LogP contribution in [0.25, 0.3) is 0 Å². The summed E-state index contributed by atoms with van der Waals surface area (Å²) in [5, 5.41) is 20.2. The largest absolute Gasteiger partial charge is 0.467 e. The Morgan fingerprint density at radius 1 is 1.19 bits per heavy atom. The van der Waals surface area contributed by atoms with Crippen molar-refractivity contribution in [1.29, 1.82) is 0 Å². The molecule has 0 radical (unpaired) electrons. The van der Waals surface area contributed by atoms with Gasteiger partial charge in [-0.2, -0.15) is 0 Å². The zero-order valence-corrected chi connectivity index (χ0v) is 15.3. The highest BCUT2D eigenvalue weighted by atomic mass is 16.6. The van der Waals surface area contributed by atoms with Gasteiger partial charge in [0.25, 0.3) is 5.69 Å². The maximum absolute atomic E-state index is 10.6. The number of benzene rings is 1. The van der Waals surface area contributed by atoms with E-state index in [2.05, 4.69) is 20.9 Å². The average Bonchev–Trinajstić information content (AvgIpc) is 3.20. The number of nitro groups is 1. The molecule has 0 saturated heterocycles. The molecule has 3 N–H and O–H groups in total. The van der Waals surface area contributed by atoms with Gasteiger partial charge in [0.1, 0.15) is 12.4 Å². The lowest BCUT2D eigenvalue weighted by Gasteiger charge is -2.12. The van der Waals surface area contributed by atoms with E-state index in [1.165, 1.54) is 12.1 Å². The number of nitrogens with one attached hydrogen (secondary N) is 3. The van der Waals surface area contributed by atoms with Gasteiger partial charge in [0, 0.05) is 51.1 Å². The molecule has 0 bridgehead atoms. The number of hydrogen-bond acceptors (Lipinski definition) is 6. The van der Waals surface area contributed by atoms with Gasteiger partial charge < -0.3 is 25.1 Å². The van der Waals surface area contributed by atoms with Crippen molar-refractivity contribution in [1.82, 2.24) is 10.6 Å². The second-order valence-corrected chi connectivity index (χ2v) is 5.64. The van der Waals surface area contributed by atoms with Crippen molar-refractivity contribution in [3.63, 3.8) is 0 Å². The molecule has 9 heteroatoms. The molecule has 0 saturated carbocycles. The van der Waals surface area contributed by atoms with E-state index in [1.54, 1.807) is 25.4 Å². The van der Waals surface area contributed by atoms with Crippen LogP contribution in [0.3, 0.4) is 0 Å². The minimum atomic E-state index is -0.414. The number of non-ortho nitro benzene ring substituents is 1. The van der Waals surface area contributed by atoms with Crippen molar-refractivity contribution >= 4 is 17.3 Å². The zero-order chi connectivity index (χ0) is 19.3. The maximum Gasteiger partial charge on any atom is 0.269 e. The number of aliphatic imine (C=N–C) groups is 1. The number of anilines is 1. The molecule has 1 aromatic carbocycles. The standard InChI is InChI=1S/C18H25N5O4/c1-19-18(21-9-3-12-26-14-17-4-2-13-27-17)22-11-10-20-15-5-7-16(8-6-15)23(24)25/h2,4-8,13,20H,3,9-12,14H2,1H3,(H2,19,21,22). The van der Waals surface area contributed by atoms with E-state index in [0.29, 0.717) is 32.3 Å². The third kappa shape index (κ3) is 7.78. The fourth-order valence-electron chi connectivity index (χ4n) is 2.26. The van der Waals surface area contributed by atoms with Crippen molar-refractivity contribution in [2.75, 3.05) is 38.6 Å². The third-order valence-electron chi connectivity index (χ3n) is 3.63. The number of ether oxygens (including phenoxy) is 1. The van der Waals surface area contributed by atoms with Gasteiger partial charge in [0.15, 0.2) is 5.96 Å². The lowest BCUT2D eigenvalue weighted by molar-refractivity contribution is -0.384. The maximum atomic E-state index is 10.6.